The second-order valence-electron chi connectivity index (χ2n) is 3.63. The summed E-state index contributed by atoms with van der Waals surface area (Å²) in [5.74, 6) is 2.44. The highest BCUT2D eigenvalue weighted by Crippen LogP contribution is 2.48. The molecule has 2 heteroatoms. The highest BCUT2D eigenvalue weighted by Gasteiger charge is 2.37. The van der Waals surface area contributed by atoms with Gasteiger partial charge in [-0.15, -0.1) is 0 Å². The van der Waals surface area contributed by atoms with Crippen molar-refractivity contribution >= 4 is 0 Å². The van der Waals surface area contributed by atoms with Crippen LogP contribution in [0.3, 0.4) is 0 Å². The van der Waals surface area contributed by atoms with E-state index in [-0.39, 0.29) is 0 Å². The molecule has 2 nitrogen and oxygen atoms in total. The maximum atomic E-state index is 5.06. The van der Waals surface area contributed by atoms with E-state index in [9.17, 15) is 0 Å². The molecule has 70 valence electrons. The molecule has 1 heterocycles. The summed E-state index contributed by atoms with van der Waals surface area (Å²) in [5.41, 5.74) is 1.23. The topological polar surface area (TPSA) is 22.1 Å². The Morgan fingerprint density at radius 3 is 2.85 bits per heavy atom. The Bertz CT molecular complexity index is 281. The highest BCUT2D eigenvalue weighted by atomic mass is 16.5. The van der Waals surface area contributed by atoms with Gasteiger partial charge in [-0.25, -0.2) is 0 Å². The van der Waals surface area contributed by atoms with Crippen LogP contribution in [0.15, 0.2) is 18.3 Å². The Labute approximate surface area is 78.9 Å². The lowest BCUT2D eigenvalue weighted by molar-refractivity contribution is 0.412. The molecule has 1 aliphatic rings. The van der Waals surface area contributed by atoms with Crippen LogP contribution in [0, 0.1) is 5.92 Å². The minimum atomic E-state index is 0.718. The van der Waals surface area contributed by atoms with Gasteiger partial charge < -0.3 is 4.74 Å². The zero-order valence-corrected chi connectivity index (χ0v) is 8.16. The van der Waals surface area contributed by atoms with Crippen molar-refractivity contribution in [2.24, 2.45) is 5.92 Å². The van der Waals surface area contributed by atoms with Gasteiger partial charge in [0, 0.05) is 11.6 Å². The van der Waals surface area contributed by atoms with Crippen molar-refractivity contribution in [3.8, 4) is 5.75 Å². The molecule has 1 aromatic heterocycles. The van der Waals surface area contributed by atoms with Crippen molar-refractivity contribution < 1.29 is 4.74 Å². The Morgan fingerprint density at radius 1 is 1.54 bits per heavy atom. The summed E-state index contributed by atoms with van der Waals surface area (Å²) >= 11 is 0. The number of aromatic nitrogens is 1. The average molecular weight is 177 g/mol. The number of hydrogen-bond acceptors (Lipinski definition) is 2. The molecule has 0 radical (unpaired) electrons. The molecular weight excluding hydrogens is 162 g/mol. The smallest absolute Gasteiger partial charge is 0.137 e. The average Bonchev–Trinajstić information content (AvgIpc) is 2.97. The molecule has 0 unspecified atom stereocenters. The van der Waals surface area contributed by atoms with Gasteiger partial charge in [0.25, 0.3) is 0 Å². The van der Waals surface area contributed by atoms with Crippen LogP contribution in [-0.2, 0) is 0 Å². The molecule has 2 atom stereocenters. The van der Waals surface area contributed by atoms with E-state index in [0.29, 0.717) is 0 Å². The zero-order chi connectivity index (χ0) is 9.26. The minimum absolute atomic E-state index is 0.718. The van der Waals surface area contributed by atoms with Crippen molar-refractivity contribution in [1.29, 1.82) is 0 Å². The molecule has 0 bridgehead atoms. The van der Waals surface area contributed by atoms with E-state index in [1.54, 1.807) is 13.3 Å². The third-order valence-electron chi connectivity index (χ3n) is 2.82. The summed E-state index contributed by atoms with van der Waals surface area (Å²) in [6.45, 7) is 2.24. The maximum absolute atomic E-state index is 5.06. The predicted molar refractivity (Wildman–Crippen MR) is 51.9 cm³/mol. The van der Waals surface area contributed by atoms with Gasteiger partial charge in [0.05, 0.1) is 13.3 Å². The minimum Gasteiger partial charge on any atom is -0.495 e. The molecule has 0 aromatic carbocycles. The number of methoxy groups -OCH3 is 1. The van der Waals surface area contributed by atoms with Crippen molar-refractivity contribution in [1.82, 2.24) is 4.98 Å². The summed E-state index contributed by atoms with van der Waals surface area (Å²) in [4.78, 5) is 4.38. The van der Waals surface area contributed by atoms with E-state index in [0.717, 1.165) is 17.6 Å². The Balaban J connectivity index is 2.07. The molecule has 13 heavy (non-hydrogen) atoms. The van der Waals surface area contributed by atoms with Gasteiger partial charge in [-0.3, -0.25) is 4.98 Å². The van der Waals surface area contributed by atoms with E-state index in [1.807, 2.05) is 6.07 Å². The largest absolute Gasteiger partial charge is 0.495 e. The Morgan fingerprint density at radius 2 is 2.38 bits per heavy atom. The third-order valence-corrected chi connectivity index (χ3v) is 2.82. The lowest BCUT2D eigenvalue weighted by atomic mass is 10.2. The molecule has 2 rings (SSSR count). The summed E-state index contributed by atoms with van der Waals surface area (Å²) in [6, 6.07) is 4.08. The van der Waals surface area contributed by atoms with Gasteiger partial charge in [-0.2, -0.15) is 0 Å². The second kappa shape index (κ2) is 3.36. The van der Waals surface area contributed by atoms with Crippen molar-refractivity contribution in [3.05, 3.63) is 24.0 Å². The number of ether oxygens (including phenoxy) is 1. The van der Waals surface area contributed by atoms with Gasteiger partial charge in [0.15, 0.2) is 0 Å². The van der Waals surface area contributed by atoms with Gasteiger partial charge in [0.2, 0.25) is 0 Å². The molecule has 0 N–H and O–H groups in total. The van der Waals surface area contributed by atoms with E-state index in [1.165, 1.54) is 18.5 Å². The summed E-state index contributed by atoms with van der Waals surface area (Å²) < 4.78 is 5.06. The Kier molecular flexibility index (Phi) is 2.21. The standard InChI is InChI=1S/C11H15NO/c1-3-8-6-10(8)11-5-4-9(13-2)7-12-11/h4-5,7-8,10H,3,6H2,1-2H3/t8-,10-/m0/s1. The number of nitrogens with zero attached hydrogens (tertiary/aromatic N) is 1. The summed E-state index contributed by atoms with van der Waals surface area (Å²) in [5, 5.41) is 0. The zero-order valence-electron chi connectivity index (χ0n) is 8.16. The molecule has 0 aliphatic heterocycles. The molecule has 0 amide bonds. The number of pyridine rings is 1. The van der Waals surface area contributed by atoms with Crippen molar-refractivity contribution in [2.45, 2.75) is 25.7 Å². The third kappa shape index (κ3) is 1.67. The SMILES string of the molecule is CC[C@H]1C[C@@H]1c1ccc(OC)cn1. The molecule has 0 saturated heterocycles. The van der Waals surface area contributed by atoms with Crippen LogP contribution in [0.5, 0.6) is 5.75 Å². The Hall–Kier alpha value is -1.05. The summed E-state index contributed by atoms with van der Waals surface area (Å²) in [7, 11) is 1.67. The monoisotopic (exact) mass is 177 g/mol. The first-order valence-electron chi connectivity index (χ1n) is 4.85. The predicted octanol–water partition coefficient (Wildman–Crippen LogP) is 2.60. The normalized spacial score (nSPS) is 25.7. The van der Waals surface area contributed by atoms with Gasteiger partial charge in [0.1, 0.15) is 5.75 Å². The fourth-order valence-electron chi connectivity index (χ4n) is 1.79. The fraction of sp³-hybridized carbons (Fsp3) is 0.545. The maximum Gasteiger partial charge on any atom is 0.137 e. The van der Waals surface area contributed by atoms with Crippen LogP contribution in [0.25, 0.3) is 0 Å². The van der Waals surface area contributed by atoms with E-state index >= 15 is 0 Å². The first kappa shape index (κ1) is 8.54. The summed E-state index contributed by atoms with van der Waals surface area (Å²) in [6.07, 6.45) is 4.40. The fourth-order valence-corrected chi connectivity index (χ4v) is 1.79. The van der Waals surface area contributed by atoms with Gasteiger partial charge >= 0.3 is 0 Å². The van der Waals surface area contributed by atoms with Crippen molar-refractivity contribution in [3.63, 3.8) is 0 Å². The number of rotatable bonds is 3. The molecule has 1 aromatic rings. The van der Waals surface area contributed by atoms with Crippen molar-refractivity contribution in [2.75, 3.05) is 7.11 Å². The molecule has 1 fully saturated rings. The molecule has 0 spiro atoms. The highest BCUT2D eigenvalue weighted by molar-refractivity contribution is 5.24. The first-order valence-corrected chi connectivity index (χ1v) is 4.85. The first-order chi connectivity index (χ1) is 6.35. The van der Waals surface area contributed by atoms with Crippen LogP contribution in [-0.4, -0.2) is 12.1 Å². The van der Waals surface area contributed by atoms with Crippen LogP contribution in [0.1, 0.15) is 31.4 Å². The van der Waals surface area contributed by atoms with Crippen LogP contribution < -0.4 is 4.74 Å². The molecule has 1 saturated carbocycles. The molecular formula is C11H15NO. The second-order valence-corrected chi connectivity index (χ2v) is 3.63. The number of hydrogen-bond donors (Lipinski definition) is 0. The van der Waals surface area contributed by atoms with E-state index in [2.05, 4.69) is 18.0 Å². The van der Waals surface area contributed by atoms with Crippen LogP contribution >= 0.6 is 0 Å². The quantitative estimate of drug-likeness (QED) is 0.708. The van der Waals surface area contributed by atoms with Gasteiger partial charge in [-0.1, -0.05) is 13.3 Å². The van der Waals surface area contributed by atoms with E-state index in [4.69, 9.17) is 4.74 Å². The van der Waals surface area contributed by atoms with Crippen LogP contribution in [0.4, 0.5) is 0 Å². The van der Waals surface area contributed by atoms with Crippen LogP contribution in [0.2, 0.25) is 0 Å². The lowest BCUT2D eigenvalue weighted by Crippen LogP contribution is -1.89. The molecule has 1 aliphatic carbocycles. The van der Waals surface area contributed by atoms with E-state index < -0.39 is 0 Å². The van der Waals surface area contributed by atoms with Gasteiger partial charge in [-0.05, 0) is 24.5 Å². The lowest BCUT2D eigenvalue weighted by Gasteiger charge is -2.00.